The standard InChI is InChI=1S/C15H15ClIN3.C15H17ClN4.H2O/c1-15(2,3)8-20-13-9(6-18)7-19-14-11(13)4-10(17)5-12(14)16;1-15(2,3)8-20-13-9(6-17)7-19-14-11(13)4-10(18)5-12(14)16;/h4-5,7H,8H2,1-3H3,(H,19,20);4-5,7H,8,18H2,1-3H3,(H,19,20);1H2. The van der Waals surface area contributed by atoms with Crippen molar-refractivity contribution in [3.05, 3.63) is 61.4 Å². The summed E-state index contributed by atoms with van der Waals surface area (Å²) < 4.78 is 1.02. The fraction of sp³-hybridized carbons (Fsp3) is 0.333. The fourth-order valence-electron chi connectivity index (χ4n) is 3.76. The van der Waals surface area contributed by atoms with Crippen LogP contribution in [0.4, 0.5) is 17.1 Å². The molecule has 0 aliphatic carbocycles. The molecule has 2 aromatic heterocycles. The normalized spacial score (nSPS) is 11.1. The zero-order chi connectivity index (χ0) is 29.8. The SMILES string of the molecule is CC(C)(C)CNc1c(C#N)cnc2c(Cl)cc(I)cc12.CC(C)(C)CNc1c(C#N)cnc2c(Cl)cc(N)cc12.O. The van der Waals surface area contributed by atoms with Gasteiger partial charge in [-0.25, -0.2) is 0 Å². The molecule has 0 spiro atoms. The van der Waals surface area contributed by atoms with Gasteiger partial charge in [-0.15, -0.1) is 0 Å². The largest absolute Gasteiger partial charge is 0.412 e. The Bertz CT molecular complexity index is 1530. The number of nitrogen functional groups attached to an aromatic ring is 1. The second-order valence-corrected chi connectivity index (χ2v) is 13.9. The molecular formula is C30H34Cl2IN7O. The minimum Gasteiger partial charge on any atom is -0.412 e. The highest BCUT2D eigenvalue weighted by Crippen LogP contribution is 2.34. The van der Waals surface area contributed by atoms with Crippen LogP contribution in [0.1, 0.15) is 52.7 Å². The molecule has 11 heteroatoms. The first-order valence-electron chi connectivity index (χ1n) is 12.6. The summed E-state index contributed by atoms with van der Waals surface area (Å²) in [5, 5.41) is 28.0. The van der Waals surface area contributed by atoms with Gasteiger partial charge in [-0.05, 0) is 57.7 Å². The van der Waals surface area contributed by atoms with E-state index < -0.39 is 0 Å². The first-order valence-corrected chi connectivity index (χ1v) is 14.4. The van der Waals surface area contributed by atoms with Gasteiger partial charge in [-0.3, -0.25) is 9.97 Å². The van der Waals surface area contributed by atoms with E-state index in [0.29, 0.717) is 32.4 Å². The Morgan fingerprint density at radius 1 is 0.780 bits per heavy atom. The molecule has 0 aliphatic rings. The second kappa shape index (κ2) is 13.7. The molecule has 216 valence electrons. The van der Waals surface area contributed by atoms with E-state index in [-0.39, 0.29) is 16.3 Å². The van der Waals surface area contributed by atoms with Gasteiger partial charge < -0.3 is 21.8 Å². The van der Waals surface area contributed by atoms with Gasteiger partial charge in [0.25, 0.3) is 0 Å². The maximum absolute atomic E-state index is 9.28. The predicted octanol–water partition coefficient (Wildman–Crippen LogP) is 7.80. The third-order valence-electron chi connectivity index (χ3n) is 5.67. The minimum atomic E-state index is 0. The van der Waals surface area contributed by atoms with Crippen molar-refractivity contribution in [2.24, 2.45) is 10.8 Å². The molecule has 4 rings (SSSR count). The van der Waals surface area contributed by atoms with Crippen molar-refractivity contribution in [1.29, 1.82) is 10.5 Å². The number of pyridine rings is 2. The number of aromatic nitrogens is 2. The predicted molar refractivity (Wildman–Crippen MR) is 180 cm³/mol. The molecule has 41 heavy (non-hydrogen) atoms. The van der Waals surface area contributed by atoms with Gasteiger partial charge in [-0.1, -0.05) is 64.7 Å². The van der Waals surface area contributed by atoms with Crippen LogP contribution in [0.3, 0.4) is 0 Å². The van der Waals surface area contributed by atoms with E-state index in [4.69, 9.17) is 28.9 Å². The van der Waals surface area contributed by atoms with Crippen LogP contribution in [0, 0.1) is 37.1 Å². The van der Waals surface area contributed by atoms with E-state index in [1.165, 1.54) is 6.20 Å². The van der Waals surface area contributed by atoms with Crippen LogP contribution in [-0.4, -0.2) is 28.5 Å². The number of rotatable bonds is 4. The van der Waals surface area contributed by atoms with E-state index in [1.807, 2.05) is 12.1 Å². The Morgan fingerprint density at radius 2 is 1.20 bits per heavy atom. The third-order valence-corrected chi connectivity index (χ3v) is 6.87. The van der Waals surface area contributed by atoms with E-state index in [2.05, 4.69) is 96.9 Å². The summed E-state index contributed by atoms with van der Waals surface area (Å²) in [6, 6.07) is 11.7. The summed E-state index contributed by atoms with van der Waals surface area (Å²) in [4.78, 5) is 8.55. The lowest BCUT2D eigenvalue weighted by Crippen LogP contribution is -2.19. The number of hydrogen-bond donors (Lipinski definition) is 3. The van der Waals surface area contributed by atoms with Crippen molar-refractivity contribution in [3.8, 4) is 12.1 Å². The summed E-state index contributed by atoms with van der Waals surface area (Å²) in [6.45, 7) is 14.3. The van der Waals surface area contributed by atoms with Crippen LogP contribution in [0.2, 0.25) is 10.0 Å². The zero-order valence-corrected chi connectivity index (χ0v) is 27.5. The monoisotopic (exact) mass is 705 g/mol. The topological polar surface area (TPSA) is 155 Å². The lowest BCUT2D eigenvalue weighted by Gasteiger charge is -2.21. The molecule has 0 saturated heterocycles. The van der Waals surface area contributed by atoms with E-state index in [9.17, 15) is 10.5 Å². The molecule has 4 aromatic rings. The number of anilines is 3. The smallest absolute Gasteiger partial charge is 0.103 e. The number of benzene rings is 2. The number of hydrogen-bond acceptors (Lipinski definition) is 7. The molecule has 2 heterocycles. The van der Waals surface area contributed by atoms with E-state index in [1.54, 1.807) is 18.3 Å². The van der Waals surface area contributed by atoms with Gasteiger partial charge in [0.15, 0.2) is 0 Å². The maximum Gasteiger partial charge on any atom is 0.103 e. The summed E-state index contributed by atoms with van der Waals surface area (Å²) in [5.41, 5.74) is 10.6. The second-order valence-electron chi connectivity index (χ2n) is 11.8. The van der Waals surface area contributed by atoms with E-state index >= 15 is 0 Å². The average Bonchev–Trinajstić information content (AvgIpc) is 2.84. The lowest BCUT2D eigenvalue weighted by molar-refractivity contribution is 0.443. The van der Waals surface area contributed by atoms with Gasteiger partial charge >= 0.3 is 0 Å². The number of nitrogens with one attached hydrogen (secondary N) is 2. The molecule has 0 radical (unpaired) electrons. The Hall–Kier alpha value is -3.09. The van der Waals surface area contributed by atoms with Gasteiger partial charge in [-0.2, -0.15) is 10.5 Å². The lowest BCUT2D eigenvalue weighted by atomic mass is 9.96. The summed E-state index contributed by atoms with van der Waals surface area (Å²) in [7, 11) is 0. The van der Waals surface area contributed by atoms with Crippen LogP contribution in [0.5, 0.6) is 0 Å². The van der Waals surface area contributed by atoms with Crippen molar-refractivity contribution in [1.82, 2.24) is 9.97 Å². The minimum absolute atomic E-state index is 0. The third kappa shape index (κ3) is 8.95. The molecule has 0 aliphatic heterocycles. The summed E-state index contributed by atoms with van der Waals surface area (Å²) in [6.07, 6.45) is 3.11. The molecular weight excluding hydrogens is 672 g/mol. The molecule has 0 fully saturated rings. The zero-order valence-electron chi connectivity index (χ0n) is 23.9. The number of halogens is 3. The summed E-state index contributed by atoms with van der Waals surface area (Å²) >= 11 is 14.6. The summed E-state index contributed by atoms with van der Waals surface area (Å²) in [5.74, 6) is 0. The Balaban J connectivity index is 0.000000280. The molecule has 6 N–H and O–H groups in total. The molecule has 0 atom stereocenters. The van der Waals surface area contributed by atoms with Crippen molar-refractivity contribution in [3.63, 3.8) is 0 Å². The van der Waals surface area contributed by atoms with Gasteiger partial charge in [0.1, 0.15) is 12.1 Å². The Kier molecular flexibility index (Phi) is 11.4. The van der Waals surface area contributed by atoms with Crippen LogP contribution >= 0.6 is 45.8 Å². The number of nitrogens with zero attached hydrogens (tertiary/aromatic N) is 4. The quantitative estimate of drug-likeness (QED) is 0.145. The van der Waals surface area contributed by atoms with Crippen molar-refractivity contribution >= 4 is 84.7 Å². The van der Waals surface area contributed by atoms with Crippen LogP contribution in [0.25, 0.3) is 21.8 Å². The Labute approximate surface area is 264 Å². The number of fused-ring (bicyclic) bond motifs is 2. The Morgan fingerprint density at radius 3 is 1.61 bits per heavy atom. The van der Waals surface area contributed by atoms with E-state index in [0.717, 1.165) is 44.3 Å². The molecule has 2 aromatic carbocycles. The van der Waals surface area contributed by atoms with Gasteiger partial charge in [0.2, 0.25) is 0 Å². The van der Waals surface area contributed by atoms with Crippen LogP contribution in [-0.2, 0) is 0 Å². The van der Waals surface area contributed by atoms with Crippen molar-refractivity contribution < 1.29 is 5.48 Å². The maximum atomic E-state index is 9.28. The fourth-order valence-corrected chi connectivity index (χ4v) is 5.12. The molecule has 0 unspecified atom stereocenters. The highest BCUT2D eigenvalue weighted by Gasteiger charge is 2.17. The highest BCUT2D eigenvalue weighted by atomic mass is 127. The molecule has 0 amide bonds. The molecule has 8 nitrogen and oxygen atoms in total. The first kappa shape index (κ1) is 34.1. The van der Waals surface area contributed by atoms with Crippen LogP contribution in [0.15, 0.2) is 36.7 Å². The average molecular weight is 706 g/mol. The van der Waals surface area contributed by atoms with Gasteiger partial charge in [0.05, 0.1) is 43.6 Å². The number of nitriles is 2. The molecule has 0 bridgehead atoms. The van der Waals surface area contributed by atoms with Crippen molar-refractivity contribution in [2.45, 2.75) is 41.5 Å². The van der Waals surface area contributed by atoms with Crippen LogP contribution < -0.4 is 16.4 Å². The van der Waals surface area contributed by atoms with Crippen molar-refractivity contribution in [2.75, 3.05) is 29.5 Å². The first-order chi connectivity index (χ1) is 18.6. The highest BCUT2D eigenvalue weighted by molar-refractivity contribution is 14.1. The number of nitrogens with two attached hydrogens (primary N) is 1. The van der Waals surface area contributed by atoms with Gasteiger partial charge in [0, 0.05) is 45.5 Å². The molecule has 0 saturated carbocycles.